The fourth-order valence-electron chi connectivity index (χ4n) is 7.35. The van der Waals surface area contributed by atoms with Gasteiger partial charge < -0.3 is 25.0 Å². The summed E-state index contributed by atoms with van der Waals surface area (Å²) in [6.45, 7) is 4.67. The molecule has 0 bridgehead atoms. The number of ether oxygens (including phenoxy) is 2. The number of allylic oxidation sites excluding steroid dienone is 1. The highest BCUT2D eigenvalue weighted by molar-refractivity contribution is 7.90. The summed E-state index contributed by atoms with van der Waals surface area (Å²) >= 11 is 0. The van der Waals surface area contributed by atoms with Gasteiger partial charge in [-0.25, -0.2) is 35.9 Å². The van der Waals surface area contributed by atoms with Crippen LogP contribution in [0, 0.1) is 23.4 Å². The summed E-state index contributed by atoms with van der Waals surface area (Å²) in [6, 6.07) is 4.33. The third-order valence-electron chi connectivity index (χ3n) is 10.2. The standard InChI is InChI=1S/C38H44F3N5O9S/c1-37(2,3)55-35(50)42-29-16-8-6-4-5-7-12-23-18-38(23,34(49)44-56(52,53)31-27(40)14-10-15-28(31)41)43-32(47)30-17-24(20-46(30)33(29)48)54-36(51)45-19-22-11-9-13-26(39)25(22)21-45/h7,9-15,23-24,29-30H,4-6,8,16-21H2,1-3H3,(H,42,50)(H,43,47)(H,44,49)/b12-7-/t23-,24+,29-,30-,38-/m0/s1. The summed E-state index contributed by atoms with van der Waals surface area (Å²) in [4.78, 5) is 69.7. The number of alkyl carbamates (subject to hydrolysis) is 1. The van der Waals surface area contributed by atoms with Crippen molar-refractivity contribution >= 4 is 39.9 Å². The summed E-state index contributed by atoms with van der Waals surface area (Å²) in [6.07, 6.45) is 2.83. The van der Waals surface area contributed by atoms with Gasteiger partial charge >= 0.3 is 12.2 Å². The van der Waals surface area contributed by atoms with Crippen LogP contribution in [0.3, 0.4) is 0 Å². The molecule has 0 aromatic heterocycles. The van der Waals surface area contributed by atoms with Gasteiger partial charge in [-0.05, 0) is 70.2 Å². The Morgan fingerprint density at radius 2 is 1.66 bits per heavy atom. The third kappa shape index (κ3) is 8.79. The van der Waals surface area contributed by atoms with Crippen molar-refractivity contribution in [2.45, 2.75) is 113 Å². The number of amides is 5. The van der Waals surface area contributed by atoms with Crippen LogP contribution < -0.4 is 15.4 Å². The maximum absolute atomic E-state index is 14.5. The number of halogens is 3. The normalized spacial score (nSPS) is 26.0. The smallest absolute Gasteiger partial charge is 0.410 e. The molecular weight excluding hydrogens is 760 g/mol. The first-order chi connectivity index (χ1) is 26.4. The first kappa shape index (κ1) is 40.5. The number of rotatable bonds is 5. The van der Waals surface area contributed by atoms with Crippen molar-refractivity contribution in [1.82, 2.24) is 25.2 Å². The third-order valence-corrected chi connectivity index (χ3v) is 11.6. The van der Waals surface area contributed by atoms with Crippen molar-refractivity contribution in [3.8, 4) is 0 Å². The molecule has 5 atom stereocenters. The minimum Gasteiger partial charge on any atom is -0.444 e. The molecule has 0 unspecified atom stereocenters. The average Bonchev–Trinajstić information content (AvgIpc) is 3.40. The second kappa shape index (κ2) is 15.8. The number of carbonyl (C=O) groups is 5. The van der Waals surface area contributed by atoms with Gasteiger partial charge in [0, 0.05) is 24.4 Å². The van der Waals surface area contributed by atoms with E-state index in [0.29, 0.717) is 36.8 Å². The van der Waals surface area contributed by atoms with E-state index in [9.17, 15) is 45.6 Å². The molecule has 4 aliphatic rings. The predicted octanol–water partition coefficient (Wildman–Crippen LogP) is 4.32. The molecule has 302 valence electrons. The number of benzene rings is 2. The average molecular weight is 804 g/mol. The minimum atomic E-state index is -5.10. The number of sulfonamides is 1. The molecule has 6 rings (SSSR count). The Balaban J connectivity index is 1.28. The van der Waals surface area contributed by atoms with Crippen LogP contribution in [0.5, 0.6) is 0 Å². The Kier molecular flexibility index (Phi) is 11.4. The summed E-state index contributed by atoms with van der Waals surface area (Å²) in [5.41, 5.74) is -1.85. The van der Waals surface area contributed by atoms with Gasteiger partial charge in [0.2, 0.25) is 11.8 Å². The van der Waals surface area contributed by atoms with E-state index in [0.717, 1.165) is 23.1 Å². The molecule has 3 aliphatic heterocycles. The topological polar surface area (TPSA) is 181 Å². The minimum absolute atomic E-state index is 0.0613. The Morgan fingerprint density at radius 1 is 0.964 bits per heavy atom. The van der Waals surface area contributed by atoms with E-state index < -0.39 is 97.5 Å². The summed E-state index contributed by atoms with van der Waals surface area (Å²) in [5.74, 6) is -6.92. The highest BCUT2D eigenvalue weighted by Crippen LogP contribution is 2.46. The Labute approximate surface area is 322 Å². The number of hydrogen-bond acceptors (Lipinski definition) is 9. The molecular formula is C38H44F3N5O9S. The SMILES string of the molecule is CC(C)(C)OC(=O)N[C@H]1CCCCC/C=C\[C@H]2C[C@]2(C(=O)NS(=O)(=O)c2c(F)cccc2F)NC(=O)[C@@H]2C[C@@H](OC(=O)N3Cc4cccc(F)c4C3)CN2C1=O. The highest BCUT2D eigenvalue weighted by atomic mass is 32.2. The lowest BCUT2D eigenvalue weighted by Crippen LogP contribution is -2.58. The van der Waals surface area contributed by atoms with Crippen molar-refractivity contribution in [3.63, 3.8) is 0 Å². The Morgan fingerprint density at radius 3 is 2.36 bits per heavy atom. The zero-order valence-corrected chi connectivity index (χ0v) is 31.9. The van der Waals surface area contributed by atoms with E-state index in [2.05, 4.69) is 10.6 Å². The predicted molar refractivity (Wildman–Crippen MR) is 192 cm³/mol. The Bertz CT molecular complexity index is 2040. The highest BCUT2D eigenvalue weighted by Gasteiger charge is 2.62. The zero-order valence-electron chi connectivity index (χ0n) is 31.1. The van der Waals surface area contributed by atoms with Gasteiger partial charge in [-0.2, -0.15) is 0 Å². The lowest BCUT2D eigenvalue weighted by molar-refractivity contribution is -0.141. The van der Waals surface area contributed by atoms with Crippen molar-refractivity contribution < 1.29 is 55.0 Å². The maximum atomic E-state index is 14.5. The van der Waals surface area contributed by atoms with Gasteiger partial charge in [0.25, 0.3) is 15.9 Å². The number of hydrogen-bond donors (Lipinski definition) is 3. The van der Waals surface area contributed by atoms with Gasteiger partial charge in [0.05, 0.1) is 13.1 Å². The molecule has 56 heavy (non-hydrogen) atoms. The molecule has 3 N–H and O–H groups in total. The Hall–Kier alpha value is -5.13. The molecule has 2 fully saturated rings. The van der Waals surface area contributed by atoms with Gasteiger partial charge in [0.1, 0.15) is 46.8 Å². The zero-order chi connectivity index (χ0) is 40.6. The fraction of sp³-hybridized carbons (Fsp3) is 0.500. The second-order valence-corrected chi connectivity index (χ2v) is 17.1. The second-order valence-electron chi connectivity index (χ2n) is 15.5. The molecule has 1 saturated carbocycles. The fourth-order valence-corrected chi connectivity index (χ4v) is 8.52. The number of carbonyl (C=O) groups excluding carboxylic acids is 5. The van der Waals surface area contributed by atoms with Crippen LogP contribution >= 0.6 is 0 Å². The molecule has 14 nitrogen and oxygen atoms in total. The van der Waals surface area contributed by atoms with Crippen molar-refractivity contribution in [3.05, 3.63) is 77.1 Å². The number of fused-ring (bicyclic) bond motifs is 3. The largest absolute Gasteiger partial charge is 0.444 e. The summed E-state index contributed by atoms with van der Waals surface area (Å²) in [7, 11) is -5.10. The van der Waals surface area contributed by atoms with E-state index in [1.165, 1.54) is 17.0 Å². The molecule has 0 spiro atoms. The van der Waals surface area contributed by atoms with Gasteiger partial charge in [-0.3, -0.25) is 19.3 Å². The molecule has 18 heteroatoms. The molecule has 3 heterocycles. The molecule has 2 aromatic carbocycles. The van der Waals surface area contributed by atoms with Crippen LogP contribution in [0.4, 0.5) is 22.8 Å². The molecule has 1 aliphatic carbocycles. The van der Waals surface area contributed by atoms with Gasteiger partial charge in [-0.1, -0.05) is 43.2 Å². The monoisotopic (exact) mass is 803 g/mol. The molecule has 2 aromatic rings. The lowest BCUT2D eigenvalue weighted by atomic mass is 10.0. The van der Waals surface area contributed by atoms with Crippen molar-refractivity contribution in [2.75, 3.05) is 6.54 Å². The van der Waals surface area contributed by atoms with Crippen molar-refractivity contribution in [1.29, 1.82) is 0 Å². The number of nitrogens with one attached hydrogen (secondary N) is 3. The van der Waals surface area contributed by atoms with E-state index >= 15 is 0 Å². The lowest BCUT2D eigenvalue weighted by Gasteiger charge is -2.30. The molecule has 5 amide bonds. The van der Waals surface area contributed by atoms with E-state index in [-0.39, 0.29) is 38.9 Å². The van der Waals surface area contributed by atoms with E-state index in [1.807, 2.05) is 0 Å². The van der Waals surface area contributed by atoms with Crippen LogP contribution in [-0.2, 0) is 47.0 Å². The van der Waals surface area contributed by atoms with Crippen LogP contribution in [-0.4, -0.2) is 84.0 Å². The quantitative estimate of drug-likeness (QED) is 0.371. The molecule has 0 radical (unpaired) electrons. The molecule has 1 saturated heterocycles. The summed E-state index contributed by atoms with van der Waals surface area (Å²) < 4.78 is 82.7. The van der Waals surface area contributed by atoms with Gasteiger partial charge in [-0.15, -0.1) is 0 Å². The van der Waals surface area contributed by atoms with E-state index in [4.69, 9.17) is 9.47 Å². The van der Waals surface area contributed by atoms with Crippen LogP contribution in [0.1, 0.15) is 76.8 Å². The van der Waals surface area contributed by atoms with Crippen molar-refractivity contribution in [2.24, 2.45) is 5.92 Å². The number of nitrogens with zero attached hydrogens (tertiary/aromatic N) is 2. The first-order valence-corrected chi connectivity index (χ1v) is 19.9. The van der Waals surface area contributed by atoms with Crippen LogP contribution in [0.15, 0.2) is 53.4 Å². The maximum Gasteiger partial charge on any atom is 0.410 e. The van der Waals surface area contributed by atoms with Gasteiger partial charge in [0.15, 0.2) is 4.90 Å². The van der Waals surface area contributed by atoms with Crippen LogP contribution in [0.2, 0.25) is 0 Å². The van der Waals surface area contributed by atoms with Crippen LogP contribution in [0.25, 0.3) is 0 Å². The summed E-state index contributed by atoms with van der Waals surface area (Å²) in [5, 5.41) is 5.23. The first-order valence-electron chi connectivity index (χ1n) is 18.4. The van der Waals surface area contributed by atoms with E-state index in [1.54, 1.807) is 43.7 Å².